The van der Waals surface area contributed by atoms with Gasteiger partial charge >= 0.3 is 5.97 Å². The van der Waals surface area contributed by atoms with E-state index < -0.39 is 5.97 Å². The van der Waals surface area contributed by atoms with Gasteiger partial charge in [-0.3, -0.25) is 4.79 Å². The van der Waals surface area contributed by atoms with E-state index in [1.165, 1.54) is 0 Å². The van der Waals surface area contributed by atoms with Gasteiger partial charge in [0.1, 0.15) is 11.4 Å². The van der Waals surface area contributed by atoms with Gasteiger partial charge in [-0.1, -0.05) is 35.5 Å². The molecule has 0 spiro atoms. The zero-order valence-electron chi connectivity index (χ0n) is 13.3. The molecular weight excluding hydrogens is 378 g/mol. The fraction of sp³-hybridized carbons (Fsp3) is 0.111. The first-order chi connectivity index (χ1) is 12.6. The molecule has 0 saturated heterocycles. The summed E-state index contributed by atoms with van der Waals surface area (Å²) < 4.78 is 16.6. The molecule has 6 nitrogen and oxygen atoms in total. The number of halogens is 1. The highest BCUT2D eigenvalue weighted by molar-refractivity contribution is 7.99. The Morgan fingerprint density at radius 2 is 1.85 bits per heavy atom. The molecule has 0 atom stereocenters. The molecule has 3 aromatic rings. The topological polar surface area (TPSA) is 81.8 Å². The molecule has 2 aromatic carbocycles. The summed E-state index contributed by atoms with van der Waals surface area (Å²) in [7, 11) is 0. The van der Waals surface area contributed by atoms with E-state index in [4.69, 9.17) is 30.6 Å². The van der Waals surface area contributed by atoms with E-state index in [1.807, 2.05) is 24.3 Å². The maximum atomic E-state index is 10.8. The van der Waals surface area contributed by atoms with E-state index in [9.17, 15) is 4.79 Å². The number of hydrogen-bond acceptors (Lipinski definition) is 6. The fourth-order valence-electron chi connectivity index (χ4n) is 2.52. The first-order valence-corrected chi connectivity index (χ1v) is 8.98. The SMILES string of the molecule is O=C(O)CSc1nc(-c2ccc(Cl)cc2)c(-c2ccc3c(c2)OCO3)o1. The lowest BCUT2D eigenvalue weighted by Crippen LogP contribution is -1.97. The standard InChI is InChI=1S/C18H12ClNO5S/c19-12-4-1-10(2-5-12)16-17(25-18(20-16)26-8-15(21)22)11-3-6-13-14(7-11)24-9-23-13/h1-7H,8-9H2,(H,21,22). The Morgan fingerprint density at radius 1 is 1.12 bits per heavy atom. The summed E-state index contributed by atoms with van der Waals surface area (Å²) >= 11 is 6.99. The van der Waals surface area contributed by atoms with E-state index in [1.54, 1.807) is 18.2 Å². The first kappa shape index (κ1) is 16.8. The predicted octanol–water partition coefficient (Wildman–Crippen LogP) is 4.57. The van der Waals surface area contributed by atoms with Crippen molar-refractivity contribution in [1.29, 1.82) is 0 Å². The lowest BCUT2D eigenvalue weighted by atomic mass is 10.1. The molecular formula is C18H12ClNO5S. The maximum Gasteiger partial charge on any atom is 0.314 e. The van der Waals surface area contributed by atoms with Gasteiger partial charge in [0.25, 0.3) is 5.22 Å². The molecule has 4 rings (SSSR count). The van der Waals surface area contributed by atoms with Crippen LogP contribution in [-0.2, 0) is 4.79 Å². The number of benzene rings is 2. The van der Waals surface area contributed by atoms with Crippen LogP contribution in [-0.4, -0.2) is 28.6 Å². The van der Waals surface area contributed by atoms with Crippen molar-refractivity contribution in [3.05, 3.63) is 47.5 Å². The Morgan fingerprint density at radius 3 is 2.62 bits per heavy atom. The van der Waals surface area contributed by atoms with E-state index in [0.717, 1.165) is 22.9 Å². The summed E-state index contributed by atoms with van der Waals surface area (Å²) in [6.45, 7) is 0.180. The molecule has 0 unspecified atom stereocenters. The zero-order chi connectivity index (χ0) is 18.1. The van der Waals surface area contributed by atoms with Crippen LogP contribution >= 0.6 is 23.4 Å². The molecule has 132 valence electrons. The van der Waals surface area contributed by atoms with Crippen molar-refractivity contribution in [2.24, 2.45) is 0 Å². The van der Waals surface area contributed by atoms with Crippen LogP contribution in [0.3, 0.4) is 0 Å². The average Bonchev–Trinajstić information content (AvgIpc) is 3.26. The minimum Gasteiger partial charge on any atom is -0.481 e. The van der Waals surface area contributed by atoms with Crippen molar-refractivity contribution in [2.45, 2.75) is 5.22 Å². The molecule has 0 radical (unpaired) electrons. The predicted molar refractivity (Wildman–Crippen MR) is 96.9 cm³/mol. The number of aromatic nitrogens is 1. The van der Waals surface area contributed by atoms with Crippen LogP contribution in [0.15, 0.2) is 52.1 Å². The minimum absolute atomic E-state index is 0.138. The van der Waals surface area contributed by atoms with Gasteiger partial charge < -0.3 is 19.0 Å². The molecule has 0 amide bonds. The normalized spacial score (nSPS) is 12.3. The second-order valence-corrected chi connectivity index (χ2v) is 6.78. The molecule has 1 N–H and O–H groups in total. The Balaban J connectivity index is 1.78. The lowest BCUT2D eigenvalue weighted by Gasteiger charge is -2.03. The highest BCUT2D eigenvalue weighted by Gasteiger charge is 2.21. The Hall–Kier alpha value is -2.64. The first-order valence-electron chi connectivity index (χ1n) is 7.61. The molecule has 26 heavy (non-hydrogen) atoms. The molecule has 0 fully saturated rings. The number of thioether (sulfide) groups is 1. The summed E-state index contributed by atoms with van der Waals surface area (Å²) in [4.78, 5) is 15.3. The van der Waals surface area contributed by atoms with Crippen LogP contribution in [0, 0.1) is 0 Å². The van der Waals surface area contributed by atoms with E-state index in [2.05, 4.69) is 4.98 Å². The molecule has 0 saturated carbocycles. The molecule has 1 aliphatic rings. The maximum absolute atomic E-state index is 10.8. The van der Waals surface area contributed by atoms with Gasteiger partial charge in [-0.15, -0.1) is 0 Å². The van der Waals surface area contributed by atoms with E-state index in [0.29, 0.717) is 28.0 Å². The Labute approximate surface area is 157 Å². The van der Waals surface area contributed by atoms with Gasteiger partial charge in [0.15, 0.2) is 17.3 Å². The minimum atomic E-state index is -0.939. The highest BCUT2D eigenvalue weighted by Crippen LogP contribution is 2.40. The number of ether oxygens (including phenoxy) is 2. The largest absolute Gasteiger partial charge is 0.481 e. The third-order valence-electron chi connectivity index (χ3n) is 3.68. The number of oxazole rings is 1. The quantitative estimate of drug-likeness (QED) is 0.640. The van der Waals surface area contributed by atoms with Crippen molar-refractivity contribution < 1.29 is 23.8 Å². The van der Waals surface area contributed by atoms with Crippen molar-refractivity contribution in [1.82, 2.24) is 4.98 Å². The number of carboxylic acid groups (broad SMARTS) is 1. The van der Waals surface area contributed by atoms with Crippen molar-refractivity contribution in [3.8, 4) is 34.1 Å². The molecule has 0 bridgehead atoms. The van der Waals surface area contributed by atoms with Gasteiger partial charge in [-0.05, 0) is 30.3 Å². The summed E-state index contributed by atoms with van der Waals surface area (Å²) in [5.41, 5.74) is 2.18. The van der Waals surface area contributed by atoms with Gasteiger partial charge in [0.05, 0.1) is 0 Å². The number of rotatable bonds is 5. The number of carboxylic acids is 1. The van der Waals surface area contributed by atoms with Crippen molar-refractivity contribution in [2.75, 3.05) is 12.5 Å². The van der Waals surface area contributed by atoms with Gasteiger partial charge in [-0.25, -0.2) is 4.98 Å². The van der Waals surface area contributed by atoms with Crippen molar-refractivity contribution >= 4 is 29.3 Å². The van der Waals surface area contributed by atoms with E-state index in [-0.39, 0.29) is 17.8 Å². The number of aliphatic carboxylic acids is 1. The lowest BCUT2D eigenvalue weighted by molar-refractivity contribution is -0.133. The summed E-state index contributed by atoms with van der Waals surface area (Å²) in [5, 5.41) is 9.78. The summed E-state index contributed by atoms with van der Waals surface area (Å²) in [6.07, 6.45) is 0. The molecule has 1 aromatic heterocycles. The van der Waals surface area contributed by atoms with Crippen LogP contribution in [0.5, 0.6) is 11.5 Å². The van der Waals surface area contributed by atoms with Crippen molar-refractivity contribution in [3.63, 3.8) is 0 Å². The summed E-state index contributed by atoms with van der Waals surface area (Å²) in [6, 6.07) is 12.7. The molecule has 0 aliphatic carbocycles. The third-order valence-corrected chi connectivity index (χ3v) is 4.74. The van der Waals surface area contributed by atoms with Gasteiger partial charge in [-0.2, -0.15) is 0 Å². The van der Waals surface area contributed by atoms with Crippen LogP contribution in [0.1, 0.15) is 0 Å². The van der Waals surface area contributed by atoms with Crippen LogP contribution in [0.4, 0.5) is 0 Å². The Bertz CT molecular complexity index is 970. The summed E-state index contributed by atoms with van der Waals surface area (Å²) in [5.74, 6) is 0.744. The number of hydrogen-bond donors (Lipinski definition) is 1. The molecule has 1 aliphatic heterocycles. The number of fused-ring (bicyclic) bond motifs is 1. The number of nitrogens with zero attached hydrogens (tertiary/aromatic N) is 1. The van der Waals surface area contributed by atoms with Crippen LogP contribution in [0.2, 0.25) is 5.02 Å². The fourth-order valence-corrected chi connectivity index (χ4v) is 3.19. The molecule has 2 heterocycles. The van der Waals surface area contributed by atoms with Crippen LogP contribution in [0.25, 0.3) is 22.6 Å². The van der Waals surface area contributed by atoms with Gasteiger partial charge in [0.2, 0.25) is 6.79 Å². The second kappa shape index (κ2) is 6.93. The van der Waals surface area contributed by atoms with Crippen LogP contribution < -0.4 is 9.47 Å². The third kappa shape index (κ3) is 3.36. The van der Waals surface area contributed by atoms with E-state index >= 15 is 0 Å². The monoisotopic (exact) mass is 389 g/mol. The Kier molecular flexibility index (Phi) is 4.48. The van der Waals surface area contributed by atoms with Gasteiger partial charge in [0, 0.05) is 16.1 Å². The molecule has 8 heteroatoms. The highest BCUT2D eigenvalue weighted by atomic mass is 35.5. The zero-order valence-corrected chi connectivity index (χ0v) is 14.8. The number of carbonyl (C=O) groups is 1. The smallest absolute Gasteiger partial charge is 0.314 e. The second-order valence-electron chi connectivity index (χ2n) is 5.41. The average molecular weight is 390 g/mol.